The van der Waals surface area contributed by atoms with Crippen molar-refractivity contribution >= 4 is 25.3 Å². The van der Waals surface area contributed by atoms with Crippen LogP contribution in [-0.2, 0) is 14.9 Å². The molecule has 0 aromatic carbocycles. The van der Waals surface area contributed by atoms with Crippen molar-refractivity contribution in [1.29, 1.82) is 0 Å². The maximum Gasteiger partial charge on any atom is 0.330 e. The first-order valence-electron chi connectivity index (χ1n) is 9.60. The fourth-order valence-electron chi connectivity index (χ4n) is 2.47. The van der Waals surface area contributed by atoms with Crippen molar-refractivity contribution in [1.82, 2.24) is 0 Å². The summed E-state index contributed by atoms with van der Waals surface area (Å²) in [5.74, 6) is -1.20. The van der Waals surface area contributed by atoms with Crippen molar-refractivity contribution < 1.29 is 22.9 Å². The van der Waals surface area contributed by atoms with E-state index >= 15 is 0 Å². The molecule has 0 saturated carbocycles. The number of hydrogen-bond donors (Lipinski definition) is 2. The SMILES string of the molecule is CC(=CC(C)S(=O)(=O)O)C(=O)O.CCCCC(P)(CCCC)CCCC. The van der Waals surface area contributed by atoms with Crippen LogP contribution in [-0.4, -0.2) is 34.5 Å². The minimum atomic E-state index is -4.17. The van der Waals surface area contributed by atoms with Gasteiger partial charge in [0.2, 0.25) is 0 Å². The van der Waals surface area contributed by atoms with Gasteiger partial charge in [0, 0.05) is 5.57 Å². The second-order valence-corrected chi connectivity index (χ2v) is 10.0. The molecule has 0 saturated heterocycles. The maximum absolute atomic E-state index is 10.4. The lowest BCUT2D eigenvalue weighted by Gasteiger charge is -2.29. The van der Waals surface area contributed by atoms with Crippen molar-refractivity contribution in [3.8, 4) is 0 Å². The van der Waals surface area contributed by atoms with Crippen LogP contribution in [0.25, 0.3) is 0 Å². The summed E-state index contributed by atoms with van der Waals surface area (Å²) >= 11 is 0. The normalized spacial score (nSPS) is 13.7. The highest BCUT2D eigenvalue weighted by Crippen LogP contribution is 2.36. The van der Waals surface area contributed by atoms with E-state index in [1.807, 2.05) is 0 Å². The standard InChI is InChI=1S/C13H29P.C6H10O5S/c1-4-7-10-13(14,11-8-5-2)12-9-6-3;1-4(6(7)8)3-5(2)12(9,10)11/h4-12,14H2,1-3H3;3,5H,1-2H3,(H,7,8)(H,9,10,11). The van der Waals surface area contributed by atoms with Gasteiger partial charge in [0.15, 0.2) is 0 Å². The lowest BCUT2D eigenvalue weighted by molar-refractivity contribution is -0.132. The van der Waals surface area contributed by atoms with Crippen LogP contribution in [0.1, 0.15) is 92.4 Å². The topological polar surface area (TPSA) is 91.7 Å². The smallest absolute Gasteiger partial charge is 0.330 e. The van der Waals surface area contributed by atoms with E-state index in [2.05, 4.69) is 30.0 Å². The van der Waals surface area contributed by atoms with Gasteiger partial charge in [-0.1, -0.05) is 65.4 Å². The van der Waals surface area contributed by atoms with E-state index in [1.165, 1.54) is 71.6 Å². The summed E-state index contributed by atoms with van der Waals surface area (Å²) in [6.07, 6.45) is 13.4. The molecule has 0 aliphatic heterocycles. The molecule has 2 atom stereocenters. The summed E-state index contributed by atoms with van der Waals surface area (Å²) in [7, 11) is -1.01. The van der Waals surface area contributed by atoms with Gasteiger partial charge < -0.3 is 5.11 Å². The average molecular weight is 411 g/mol. The Morgan fingerprint density at radius 1 is 1.04 bits per heavy atom. The van der Waals surface area contributed by atoms with Crippen LogP contribution in [0.3, 0.4) is 0 Å². The number of aliphatic carboxylic acids is 1. The van der Waals surface area contributed by atoms with Gasteiger partial charge in [-0.05, 0) is 38.3 Å². The minimum absolute atomic E-state index is 0.111. The van der Waals surface area contributed by atoms with E-state index in [4.69, 9.17) is 9.66 Å². The third-order valence-corrected chi connectivity index (χ3v) is 6.32. The van der Waals surface area contributed by atoms with E-state index in [1.54, 1.807) is 0 Å². The molecule has 7 heteroatoms. The van der Waals surface area contributed by atoms with Crippen molar-refractivity contribution in [3.63, 3.8) is 0 Å². The van der Waals surface area contributed by atoms with Gasteiger partial charge in [-0.15, -0.1) is 9.24 Å². The molecule has 0 amide bonds. The van der Waals surface area contributed by atoms with E-state index in [-0.39, 0.29) is 5.57 Å². The minimum Gasteiger partial charge on any atom is -0.478 e. The second kappa shape index (κ2) is 14.6. The largest absolute Gasteiger partial charge is 0.478 e. The van der Waals surface area contributed by atoms with E-state index in [0.717, 1.165) is 6.08 Å². The van der Waals surface area contributed by atoms with Crippen LogP contribution in [0.5, 0.6) is 0 Å². The Morgan fingerprint density at radius 2 is 1.38 bits per heavy atom. The lowest BCUT2D eigenvalue weighted by Crippen LogP contribution is -2.20. The molecule has 156 valence electrons. The Balaban J connectivity index is 0. The van der Waals surface area contributed by atoms with Gasteiger partial charge in [0.05, 0.1) is 0 Å². The van der Waals surface area contributed by atoms with E-state index < -0.39 is 21.3 Å². The zero-order valence-corrected chi connectivity index (χ0v) is 19.1. The molecular formula is C19H39O5PS. The third kappa shape index (κ3) is 14.7. The highest BCUT2D eigenvalue weighted by molar-refractivity contribution is 7.86. The van der Waals surface area contributed by atoms with Crippen LogP contribution < -0.4 is 0 Å². The Bertz CT molecular complexity index is 492. The monoisotopic (exact) mass is 410 g/mol. The quantitative estimate of drug-likeness (QED) is 0.253. The van der Waals surface area contributed by atoms with Crippen molar-refractivity contribution in [2.75, 3.05) is 0 Å². The zero-order valence-electron chi connectivity index (χ0n) is 17.1. The molecule has 0 fully saturated rings. The van der Waals surface area contributed by atoms with Crippen molar-refractivity contribution in [2.45, 2.75) is 103 Å². The Kier molecular flexibility index (Phi) is 15.6. The van der Waals surface area contributed by atoms with Crippen LogP contribution in [0, 0.1) is 0 Å². The lowest BCUT2D eigenvalue weighted by atomic mass is 9.90. The number of rotatable bonds is 12. The summed E-state index contributed by atoms with van der Waals surface area (Å²) in [6.45, 7) is 9.34. The van der Waals surface area contributed by atoms with Crippen molar-refractivity contribution in [2.24, 2.45) is 0 Å². The molecule has 26 heavy (non-hydrogen) atoms. The molecule has 0 heterocycles. The maximum atomic E-state index is 10.4. The molecule has 0 radical (unpaired) electrons. The number of carboxylic acids is 1. The fraction of sp³-hybridized carbons (Fsp3) is 0.842. The molecule has 0 bridgehead atoms. The second-order valence-electron chi connectivity index (χ2n) is 7.05. The first kappa shape index (κ1) is 27.8. The first-order chi connectivity index (χ1) is 11.9. The van der Waals surface area contributed by atoms with Gasteiger partial charge in [-0.3, -0.25) is 4.55 Å². The Morgan fingerprint density at radius 3 is 1.62 bits per heavy atom. The molecule has 0 aromatic rings. The number of carbonyl (C=O) groups is 1. The van der Waals surface area contributed by atoms with Crippen molar-refractivity contribution in [3.05, 3.63) is 11.6 Å². The van der Waals surface area contributed by atoms with Gasteiger partial charge in [-0.25, -0.2) is 4.79 Å². The van der Waals surface area contributed by atoms with Gasteiger partial charge in [0.25, 0.3) is 10.1 Å². The fourth-order valence-corrected chi connectivity index (χ4v) is 3.46. The molecule has 5 nitrogen and oxygen atoms in total. The van der Waals surface area contributed by atoms with Crippen LogP contribution >= 0.6 is 9.24 Å². The molecule has 2 unspecified atom stereocenters. The third-order valence-electron chi connectivity index (χ3n) is 4.38. The molecule has 0 aliphatic carbocycles. The molecule has 0 rings (SSSR count). The highest BCUT2D eigenvalue weighted by Gasteiger charge is 2.22. The highest BCUT2D eigenvalue weighted by atomic mass is 32.2. The van der Waals surface area contributed by atoms with Gasteiger partial charge >= 0.3 is 5.97 Å². The summed E-state index contributed by atoms with van der Waals surface area (Å²) in [5, 5.41) is 7.74. The van der Waals surface area contributed by atoms with Gasteiger partial charge in [-0.2, -0.15) is 8.42 Å². The summed E-state index contributed by atoms with van der Waals surface area (Å²) in [5.41, 5.74) is -0.111. The first-order valence-corrected chi connectivity index (χ1v) is 11.7. The molecular weight excluding hydrogens is 371 g/mol. The number of hydrogen-bond acceptors (Lipinski definition) is 3. The van der Waals surface area contributed by atoms with E-state index in [9.17, 15) is 13.2 Å². The predicted octanol–water partition coefficient (Wildman–Crippen LogP) is 5.46. The predicted molar refractivity (Wildman–Crippen MR) is 113 cm³/mol. The zero-order chi connectivity index (χ0) is 20.8. The van der Waals surface area contributed by atoms with Gasteiger partial charge in [0.1, 0.15) is 5.25 Å². The number of unbranched alkanes of at least 4 members (excludes halogenated alkanes) is 3. The molecule has 0 aliphatic rings. The molecule has 2 N–H and O–H groups in total. The van der Waals surface area contributed by atoms with Crippen LogP contribution in [0.15, 0.2) is 11.6 Å². The summed E-state index contributed by atoms with van der Waals surface area (Å²) in [4.78, 5) is 10.2. The summed E-state index contributed by atoms with van der Waals surface area (Å²) < 4.78 is 29.3. The van der Waals surface area contributed by atoms with Crippen LogP contribution in [0.2, 0.25) is 0 Å². The molecule has 0 aromatic heterocycles. The summed E-state index contributed by atoms with van der Waals surface area (Å²) in [6, 6.07) is 0. The van der Waals surface area contributed by atoms with Crippen LogP contribution in [0.4, 0.5) is 0 Å². The molecule has 0 spiro atoms. The number of carboxylic acid groups (broad SMARTS) is 1. The average Bonchev–Trinajstić information content (AvgIpc) is 2.56. The van der Waals surface area contributed by atoms with E-state index in [0.29, 0.717) is 5.16 Å². The Hall–Kier alpha value is -0.450. The Labute approximate surface area is 163 Å².